The smallest absolute Gasteiger partial charge is 0.252 e. The van der Waals surface area contributed by atoms with E-state index < -0.39 is 0 Å². The highest BCUT2D eigenvalue weighted by Gasteiger charge is 2.36. The summed E-state index contributed by atoms with van der Waals surface area (Å²) in [7, 11) is 0. The van der Waals surface area contributed by atoms with Gasteiger partial charge in [-0.15, -0.1) is 11.8 Å². The SMILES string of the molecule is CSc1ccccc1C(=O)N[C@@H]1CC(C)(C)Cc2c1cnn2-c1cccc(F)c1. The maximum Gasteiger partial charge on any atom is 0.252 e. The summed E-state index contributed by atoms with van der Waals surface area (Å²) in [5, 5.41) is 7.75. The maximum atomic E-state index is 13.8. The molecule has 3 aromatic rings. The Bertz CT molecular complexity index is 1060. The van der Waals surface area contributed by atoms with Gasteiger partial charge in [0.2, 0.25) is 0 Å². The van der Waals surface area contributed by atoms with Crippen molar-refractivity contribution in [2.24, 2.45) is 5.41 Å². The van der Waals surface area contributed by atoms with Crippen LogP contribution in [0.4, 0.5) is 4.39 Å². The van der Waals surface area contributed by atoms with E-state index in [-0.39, 0.29) is 23.2 Å². The molecular formula is C23H24FN3OS. The average molecular weight is 410 g/mol. The van der Waals surface area contributed by atoms with Crippen LogP contribution in [0.15, 0.2) is 59.6 Å². The molecule has 1 aromatic heterocycles. The highest BCUT2D eigenvalue weighted by atomic mass is 32.2. The zero-order valence-electron chi connectivity index (χ0n) is 16.8. The van der Waals surface area contributed by atoms with E-state index in [0.717, 1.165) is 29.0 Å². The summed E-state index contributed by atoms with van der Waals surface area (Å²) in [4.78, 5) is 14.0. The molecule has 1 aliphatic rings. The van der Waals surface area contributed by atoms with Crippen LogP contribution in [0.3, 0.4) is 0 Å². The molecule has 0 fully saturated rings. The molecule has 1 aliphatic carbocycles. The van der Waals surface area contributed by atoms with Crippen molar-refractivity contribution in [2.75, 3.05) is 6.26 Å². The van der Waals surface area contributed by atoms with Gasteiger partial charge < -0.3 is 5.32 Å². The Hall–Kier alpha value is -2.60. The molecule has 150 valence electrons. The molecule has 4 rings (SSSR count). The third-order valence-corrected chi connectivity index (χ3v) is 6.18. The molecule has 6 heteroatoms. The minimum absolute atomic E-state index is 0.0188. The zero-order valence-corrected chi connectivity index (χ0v) is 17.6. The van der Waals surface area contributed by atoms with Crippen LogP contribution in [0, 0.1) is 11.2 Å². The van der Waals surface area contributed by atoms with Gasteiger partial charge in [0.25, 0.3) is 5.91 Å². The number of carbonyl (C=O) groups is 1. The lowest BCUT2D eigenvalue weighted by Gasteiger charge is -2.36. The lowest BCUT2D eigenvalue weighted by atomic mass is 9.74. The molecule has 0 unspecified atom stereocenters. The topological polar surface area (TPSA) is 46.9 Å². The van der Waals surface area contributed by atoms with Gasteiger partial charge in [-0.05, 0) is 54.8 Å². The number of benzene rings is 2. The minimum atomic E-state index is -0.291. The summed E-state index contributed by atoms with van der Waals surface area (Å²) in [6.45, 7) is 4.38. The normalized spacial score (nSPS) is 17.6. The van der Waals surface area contributed by atoms with Crippen LogP contribution in [-0.4, -0.2) is 21.9 Å². The number of amides is 1. The molecule has 2 aromatic carbocycles. The number of aromatic nitrogens is 2. The predicted molar refractivity (Wildman–Crippen MR) is 114 cm³/mol. The molecule has 1 heterocycles. The largest absolute Gasteiger partial charge is 0.345 e. The van der Waals surface area contributed by atoms with Crippen molar-refractivity contribution in [3.05, 3.63) is 77.4 Å². The van der Waals surface area contributed by atoms with Crippen LogP contribution >= 0.6 is 11.8 Å². The van der Waals surface area contributed by atoms with E-state index in [2.05, 4.69) is 24.3 Å². The van der Waals surface area contributed by atoms with E-state index in [1.54, 1.807) is 28.7 Å². The fourth-order valence-electron chi connectivity index (χ4n) is 4.07. The molecule has 4 nitrogen and oxygen atoms in total. The quantitative estimate of drug-likeness (QED) is 0.604. The Labute approximate surface area is 174 Å². The highest BCUT2D eigenvalue weighted by molar-refractivity contribution is 7.98. The summed E-state index contributed by atoms with van der Waals surface area (Å²) < 4.78 is 15.6. The Morgan fingerprint density at radius 3 is 2.79 bits per heavy atom. The van der Waals surface area contributed by atoms with E-state index in [4.69, 9.17) is 0 Å². The zero-order chi connectivity index (χ0) is 20.6. The molecule has 0 bridgehead atoms. The van der Waals surface area contributed by atoms with Gasteiger partial charge in [-0.1, -0.05) is 32.0 Å². The Kier molecular flexibility index (Phi) is 5.21. The van der Waals surface area contributed by atoms with Gasteiger partial charge in [-0.25, -0.2) is 9.07 Å². The number of rotatable bonds is 4. The maximum absolute atomic E-state index is 13.8. The molecule has 0 aliphatic heterocycles. The van der Waals surface area contributed by atoms with Gasteiger partial charge in [-0.2, -0.15) is 5.10 Å². The first-order valence-electron chi connectivity index (χ1n) is 9.64. The van der Waals surface area contributed by atoms with Crippen LogP contribution in [-0.2, 0) is 6.42 Å². The molecule has 0 saturated carbocycles. The summed E-state index contributed by atoms with van der Waals surface area (Å²) in [5.41, 5.74) is 3.39. The van der Waals surface area contributed by atoms with E-state index in [1.807, 2.05) is 36.6 Å². The third kappa shape index (κ3) is 3.94. The second kappa shape index (κ2) is 7.67. The van der Waals surface area contributed by atoms with Crippen molar-refractivity contribution >= 4 is 17.7 Å². The first-order valence-corrected chi connectivity index (χ1v) is 10.9. The number of carbonyl (C=O) groups excluding carboxylic acids is 1. The first-order chi connectivity index (χ1) is 13.9. The summed E-state index contributed by atoms with van der Waals surface area (Å²) in [5.74, 6) is -0.373. The molecule has 1 amide bonds. The first kappa shape index (κ1) is 19.7. The van der Waals surface area contributed by atoms with Crippen LogP contribution in [0.1, 0.15) is 47.9 Å². The van der Waals surface area contributed by atoms with Gasteiger partial charge in [-0.3, -0.25) is 4.79 Å². The summed E-state index contributed by atoms with van der Waals surface area (Å²) in [6, 6.07) is 13.9. The van der Waals surface area contributed by atoms with E-state index in [0.29, 0.717) is 11.3 Å². The van der Waals surface area contributed by atoms with Crippen molar-refractivity contribution in [3.8, 4) is 5.69 Å². The van der Waals surface area contributed by atoms with Gasteiger partial charge >= 0.3 is 0 Å². The second-order valence-corrected chi connectivity index (χ2v) is 9.06. The van der Waals surface area contributed by atoms with Crippen molar-refractivity contribution in [1.29, 1.82) is 0 Å². The Balaban J connectivity index is 1.69. The number of fused-ring (bicyclic) bond motifs is 1. The number of nitrogens with one attached hydrogen (secondary N) is 1. The minimum Gasteiger partial charge on any atom is -0.345 e. The fourth-order valence-corrected chi connectivity index (χ4v) is 4.67. The van der Waals surface area contributed by atoms with Crippen molar-refractivity contribution in [2.45, 2.75) is 37.6 Å². The molecule has 1 atom stereocenters. The average Bonchev–Trinajstić information content (AvgIpc) is 3.10. The Morgan fingerprint density at radius 1 is 1.24 bits per heavy atom. The van der Waals surface area contributed by atoms with Gasteiger partial charge in [0.1, 0.15) is 5.82 Å². The number of thioether (sulfide) groups is 1. The lowest BCUT2D eigenvalue weighted by molar-refractivity contribution is 0.0916. The van der Waals surface area contributed by atoms with Crippen molar-refractivity contribution in [1.82, 2.24) is 15.1 Å². The van der Waals surface area contributed by atoms with Gasteiger partial charge in [0, 0.05) is 10.5 Å². The van der Waals surface area contributed by atoms with Crippen LogP contribution in [0.5, 0.6) is 0 Å². The Morgan fingerprint density at radius 2 is 2.03 bits per heavy atom. The van der Waals surface area contributed by atoms with Crippen LogP contribution in [0.2, 0.25) is 0 Å². The summed E-state index contributed by atoms with van der Waals surface area (Å²) >= 11 is 1.56. The molecule has 0 radical (unpaired) electrons. The van der Waals surface area contributed by atoms with Crippen LogP contribution in [0.25, 0.3) is 5.69 Å². The van der Waals surface area contributed by atoms with Crippen LogP contribution < -0.4 is 5.32 Å². The predicted octanol–water partition coefficient (Wildman–Crippen LogP) is 5.18. The monoisotopic (exact) mass is 409 g/mol. The highest BCUT2D eigenvalue weighted by Crippen LogP contribution is 2.41. The number of hydrogen-bond acceptors (Lipinski definition) is 3. The van der Waals surface area contributed by atoms with E-state index in [1.165, 1.54) is 12.1 Å². The molecule has 0 saturated heterocycles. The standard InChI is InChI=1S/C23H24FN3OS/c1-23(2)12-19(26-22(28)17-9-4-5-10-21(17)29-3)18-14-25-27(20(18)13-23)16-8-6-7-15(24)11-16/h4-11,14,19H,12-13H2,1-3H3,(H,26,28)/t19-/m1/s1. The van der Waals surface area contributed by atoms with Gasteiger partial charge in [0.05, 0.1) is 29.2 Å². The lowest BCUT2D eigenvalue weighted by Crippen LogP contribution is -2.37. The van der Waals surface area contributed by atoms with Crippen molar-refractivity contribution < 1.29 is 9.18 Å². The third-order valence-electron chi connectivity index (χ3n) is 5.39. The number of nitrogens with zero attached hydrogens (tertiary/aromatic N) is 2. The molecular weight excluding hydrogens is 385 g/mol. The molecule has 0 spiro atoms. The number of halogens is 1. The fraction of sp³-hybridized carbons (Fsp3) is 0.304. The van der Waals surface area contributed by atoms with Crippen molar-refractivity contribution in [3.63, 3.8) is 0 Å². The summed E-state index contributed by atoms with van der Waals surface area (Å²) in [6.07, 6.45) is 5.41. The number of hydrogen-bond donors (Lipinski definition) is 1. The molecule has 1 N–H and O–H groups in total. The van der Waals surface area contributed by atoms with Gasteiger partial charge in [0.15, 0.2) is 0 Å². The molecule has 29 heavy (non-hydrogen) atoms. The second-order valence-electron chi connectivity index (χ2n) is 8.21. The van der Waals surface area contributed by atoms with E-state index >= 15 is 0 Å². The van der Waals surface area contributed by atoms with E-state index in [9.17, 15) is 9.18 Å².